The first-order chi connectivity index (χ1) is 13.5. The molecule has 2 heterocycles. The molecule has 0 fully saturated rings. The Hall–Kier alpha value is -2.93. The molecule has 0 radical (unpaired) electrons. The fourth-order valence-electron chi connectivity index (χ4n) is 3.34. The number of hydrogen-bond acceptors (Lipinski definition) is 4. The van der Waals surface area contributed by atoms with E-state index in [0.717, 1.165) is 23.2 Å². The van der Waals surface area contributed by atoms with E-state index in [1.807, 2.05) is 36.5 Å². The van der Waals surface area contributed by atoms with Crippen molar-refractivity contribution in [2.45, 2.75) is 25.9 Å². The molecule has 28 heavy (non-hydrogen) atoms. The van der Waals surface area contributed by atoms with Gasteiger partial charge in [0.25, 0.3) is 0 Å². The van der Waals surface area contributed by atoms with Crippen LogP contribution in [0.4, 0.5) is 13.2 Å². The van der Waals surface area contributed by atoms with Gasteiger partial charge in [0.15, 0.2) is 5.82 Å². The summed E-state index contributed by atoms with van der Waals surface area (Å²) in [5.74, 6) is 0.535. The van der Waals surface area contributed by atoms with Gasteiger partial charge >= 0.3 is 6.36 Å². The van der Waals surface area contributed by atoms with Gasteiger partial charge in [0, 0.05) is 48.9 Å². The number of para-hydroxylation sites is 1. The van der Waals surface area contributed by atoms with E-state index in [-0.39, 0.29) is 5.75 Å². The molecule has 0 N–H and O–H groups in total. The van der Waals surface area contributed by atoms with Crippen LogP contribution in [0.3, 0.4) is 0 Å². The second-order valence-electron chi connectivity index (χ2n) is 6.65. The Morgan fingerprint density at radius 1 is 1.00 bits per heavy atom. The fraction of sp³-hybridized carbons (Fsp3) is 0.238. The lowest BCUT2D eigenvalue weighted by molar-refractivity contribution is -0.275. The van der Waals surface area contributed by atoms with Gasteiger partial charge in [-0.2, -0.15) is 0 Å². The summed E-state index contributed by atoms with van der Waals surface area (Å²) in [4.78, 5) is 11.2. The van der Waals surface area contributed by atoms with Crippen LogP contribution >= 0.6 is 0 Å². The van der Waals surface area contributed by atoms with Gasteiger partial charge in [-0.15, -0.1) is 13.2 Å². The lowest BCUT2D eigenvalue weighted by Gasteiger charge is -2.28. The molecule has 4 rings (SSSR count). The van der Waals surface area contributed by atoms with Crippen LogP contribution < -0.4 is 4.74 Å². The summed E-state index contributed by atoms with van der Waals surface area (Å²) in [6, 6.07) is 16.0. The number of benzene rings is 2. The SMILES string of the molecule is FC(F)(F)Oc1ccccc1CN1CCc2nc(-c3ccccc3)ncc2C1. The highest BCUT2D eigenvalue weighted by molar-refractivity contribution is 5.54. The smallest absolute Gasteiger partial charge is 0.405 e. The van der Waals surface area contributed by atoms with E-state index in [0.29, 0.717) is 31.0 Å². The molecule has 0 bridgehead atoms. The first kappa shape index (κ1) is 18.4. The first-order valence-electron chi connectivity index (χ1n) is 8.94. The van der Waals surface area contributed by atoms with Crippen LogP contribution in [0.5, 0.6) is 5.75 Å². The van der Waals surface area contributed by atoms with Crippen LogP contribution in [0.1, 0.15) is 16.8 Å². The number of halogens is 3. The van der Waals surface area contributed by atoms with Crippen molar-refractivity contribution in [3.8, 4) is 17.1 Å². The minimum atomic E-state index is -4.70. The first-order valence-corrected chi connectivity index (χ1v) is 8.94. The molecule has 7 heteroatoms. The summed E-state index contributed by atoms with van der Waals surface area (Å²) < 4.78 is 42.0. The normalized spacial score (nSPS) is 14.5. The van der Waals surface area contributed by atoms with Gasteiger partial charge in [-0.1, -0.05) is 48.5 Å². The maximum absolute atomic E-state index is 12.6. The van der Waals surface area contributed by atoms with Crippen LogP contribution in [0.15, 0.2) is 60.8 Å². The lowest BCUT2D eigenvalue weighted by atomic mass is 10.1. The average molecular weight is 385 g/mol. The van der Waals surface area contributed by atoms with Gasteiger partial charge in [-0.05, 0) is 6.07 Å². The van der Waals surface area contributed by atoms with Gasteiger partial charge in [-0.3, -0.25) is 4.90 Å². The van der Waals surface area contributed by atoms with E-state index < -0.39 is 6.36 Å². The molecule has 0 amide bonds. The molecule has 0 saturated carbocycles. The molecule has 0 unspecified atom stereocenters. The second-order valence-corrected chi connectivity index (χ2v) is 6.65. The summed E-state index contributed by atoms with van der Waals surface area (Å²) in [6.45, 7) is 1.66. The average Bonchev–Trinajstić information content (AvgIpc) is 2.69. The Labute approximate surface area is 160 Å². The van der Waals surface area contributed by atoms with Gasteiger partial charge in [0.2, 0.25) is 0 Å². The van der Waals surface area contributed by atoms with E-state index in [1.54, 1.807) is 12.1 Å². The third kappa shape index (κ3) is 4.31. The number of alkyl halides is 3. The highest BCUT2D eigenvalue weighted by Gasteiger charge is 2.32. The summed E-state index contributed by atoms with van der Waals surface area (Å²) in [5, 5.41) is 0. The number of rotatable bonds is 4. The Balaban J connectivity index is 1.50. The lowest BCUT2D eigenvalue weighted by Crippen LogP contribution is -2.31. The number of nitrogens with zero attached hydrogens (tertiary/aromatic N) is 3. The van der Waals surface area contributed by atoms with E-state index in [9.17, 15) is 13.2 Å². The highest BCUT2D eigenvalue weighted by atomic mass is 19.4. The Morgan fingerprint density at radius 3 is 2.54 bits per heavy atom. The monoisotopic (exact) mass is 385 g/mol. The van der Waals surface area contributed by atoms with Crippen molar-refractivity contribution in [3.63, 3.8) is 0 Å². The number of hydrogen-bond donors (Lipinski definition) is 0. The van der Waals surface area contributed by atoms with Crippen molar-refractivity contribution in [1.82, 2.24) is 14.9 Å². The summed E-state index contributed by atoms with van der Waals surface area (Å²) in [7, 11) is 0. The van der Waals surface area contributed by atoms with Crippen LogP contribution in [0.25, 0.3) is 11.4 Å². The second kappa shape index (κ2) is 7.59. The molecule has 1 aliphatic rings. The summed E-state index contributed by atoms with van der Waals surface area (Å²) in [6.07, 6.45) is -2.17. The maximum atomic E-state index is 12.6. The third-order valence-corrected chi connectivity index (χ3v) is 4.64. The molecule has 1 aromatic heterocycles. The largest absolute Gasteiger partial charge is 0.573 e. The molecule has 144 valence electrons. The van der Waals surface area contributed by atoms with Crippen molar-refractivity contribution in [2.24, 2.45) is 0 Å². The van der Waals surface area contributed by atoms with Crippen LogP contribution in [0, 0.1) is 0 Å². The van der Waals surface area contributed by atoms with Gasteiger partial charge in [0.05, 0.1) is 5.69 Å². The van der Waals surface area contributed by atoms with Crippen LogP contribution in [0.2, 0.25) is 0 Å². The van der Waals surface area contributed by atoms with E-state index >= 15 is 0 Å². The molecule has 4 nitrogen and oxygen atoms in total. The van der Waals surface area contributed by atoms with Gasteiger partial charge < -0.3 is 4.74 Å². The molecular formula is C21H18F3N3O. The minimum absolute atomic E-state index is 0.156. The van der Waals surface area contributed by atoms with Crippen molar-refractivity contribution >= 4 is 0 Å². The zero-order chi connectivity index (χ0) is 19.6. The van der Waals surface area contributed by atoms with Crippen molar-refractivity contribution in [1.29, 1.82) is 0 Å². The van der Waals surface area contributed by atoms with E-state index in [1.165, 1.54) is 12.1 Å². The standard InChI is InChI=1S/C21H18F3N3O/c22-21(23,24)28-19-9-5-4-8-16(19)13-27-11-10-18-17(14-27)12-25-20(26-18)15-6-2-1-3-7-15/h1-9,12H,10-11,13-14H2. The molecule has 3 aromatic rings. The van der Waals surface area contributed by atoms with Crippen LogP contribution in [-0.4, -0.2) is 27.8 Å². The highest BCUT2D eigenvalue weighted by Crippen LogP contribution is 2.29. The molecule has 0 saturated heterocycles. The fourth-order valence-corrected chi connectivity index (χ4v) is 3.34. The van der Waals surface area contributed by atoms with Gasteiger partial charge in [0.1, 0.15) is 5.75 Å². The van der Waals surface area contributed by atoms with Crippen molar-refractivity contribution < 1.29 is 17.9 Å². The molecule has 1 aliphatic heterocycles. The van der Waals surface area contributed by atoms with Crippen molar-refractivity contribution in [3.05, 3.63) is 77.6 Å². The predicted molar refractivity (Wildman–Crippen MR) is 98.4 cm³/mol. The quantitative estimate of drug-likeness (QED) is 0.658. The van der Waals surface area contributed by atoms with Crippen molar-refractivity contribution in [2.75, 3.05) is 6.54 Å². The summed E-state index contributed by atoms with van der Waals surface area (Å²) in [5.41, 5.74) is 3.46. The predicted octanol–water partition coefficient (Wildman–Crippen LogP) is 4.60. The van der Waals surface area contributed by atoms with E-state index in [2.05, 4.69) is 19.6 Å². The minimum Gasteiger partial charge on any atom is -0.405 e. The number of fused-ring (bicyclic) bond motifs is 1. The van der Waals surface area contributed by atoms with Crippen LogP contribution in [-0.2, 0) is 19.5 Å². The third-order valence-electron chi connectivity index (χ3n) is 4.64. The number of ether oxygens (including phenoxy) is 1. The Morgan fingerprint density at radius 2 is 1.75 bits per heavy atom. The van der Waals surface area contributed by atoms with Gasteiger partial charge in [-0.25, -0.2) is 9.97 Å². The zero-order valence-electron chi connectivity index (χ0n) is 15.0. The molecule has 0 spiro atoms. The Bertz CT molecular complexity index is 961. The zero-order valence-corrected chi connectivity index (χ0v) is 15.0. The summed E-state index contributed by atoms with van der Waals surface area (Å²) >= 11 is 0. The Kier molecular flexibility index (Phi) is 5.00. The topological polar surface area (TPSA) is 38.2 Å². The van der Waals surface area contributed by atoms with E-state index in [4.69, 9.17) is 0 Å². The molecule has 0 aliphatic carbocycles. The maximum Gasteiger partial charge on any atom is 0.573 e. The number of aromatic nitrogens is 2. The molecular weight excluding hydrogens is 367 g/mol. The molecule has 2 aromatic carbocycles. The molecule has 0 atom stereocenters.